The molecule has 1 atom stereocenters. The summed E-state index contributed by atoms with van der Waals surface area (Å²) in [6, 6.07) is 13.5. The Hall–Kier alpha value is -2.84. The van der Waals surface area contributed by atoms with E-state index in [0.29, 0.717) is 18.3 Å². The van der Waals surface area contributed by atoms with Gasteiger partial charge in [0.15, 0.2) is 5.13 Å². The van der Waals surface area contributed by atoms with Crippen LogP contribution >= 0.6 is 11.3 Å². The quantitative estimate of drug-likeness (QED) is 0.490. The van der Waals surface area contributed by atoms with Gasteiger partial charge in [-0.1, -0.05) is 29.5 Å². The van der Waals surface area contributed by atoms with E-state index >= 15 is 0 Å². The maximum Gasteiger partial charge on any atom is 0.270 e. The van der Waals surface area contributed by atoms with Crippen molar-refractivity contribution in [3.8, 4) is 0 Å². The number of benzene rings is 2. The van der Waals surface area contributed by atoms with Crippen molar-refractivity contribution in [2.75, 3.05) is 18.1 Å². The summed E-state index contributed by atoms with van der Waals surface area (Å²) < 4.78 is 6.68. The van der Waals surface area contributed by atoms with Crippen molar-refractivity contribution in [2.45, 2.75) is 18.9 Å². The van der Waals surface area contributed by atoms with E-state index in [4.69, 9.17) is 4.74 Å². The fourth-order valence-electron chi connectivity index (χ4n) is 3.12. The van der Waals surface area contributed by atoms with Crippen LogP contribution in [0.4, 0.5) is 10.8 Å². The van der Waals surface area contributed by atoms with Gasteiger partial charge in [0.25, 0.3) is 11.6 Å². The lowest BCUT2D eigenvalue weighted by Crippen LogP contribution is -2.37. The van der Waals surface area contributed by atoms with Crippen molar-refractivity contribution >= 4 is 38.3 Å². The molecule has 138 valence electrons. The topological polar surface area (TPSA) is 85.6 Å². The monoisotopic (exact) mass is 383 g/mol. The molecule has 0 radical (unpaired) electrons. The number of amides is 1. The van der Waals surface area contributed by atoms with Crippen LogP contribution in [-0.2, 0) is 4.74 Å². The Kier molecular flexibility index (Phi) is 4.83. The van der Waals surface area contributed by atoms with Crippen molar-refractivity contribution in [1.29, 1.82) is 0 Å². The molecule has 27 heavy (non-hydrogen) atoms. The molecule has 1 aliphatic rings. The minimum atomic E-state index is -0.501. The van der Waals surface area contributed by atoms with Gasteiger partial charge in [0.2, 0.25) is 0 Å². The van der Waals surface area contributed by atoms with E-state index in [2.05, 4.69) is 4.98 Å². The van der Waals surface area contributed by atoms with Gasteiger partial charge in [-0.25, -0.2) is 4.98 Å². The Labute approximate surface area is 159 Å². The van der Waals surface area contributed by atoms with Crippen LogP contribution in [0.1, 0.15) is 23.2 Å². The number of carbonyl (C=O) groups is 1. The number of rotatable bonds is 5. The number of anilines is 1. The molecule has 2 heterocycles. The number of hydrogen-bond acceptors (Lipinski definition) is 6. The number of ether oxygens (including phenoxy) is 1. The van der Waals surface area contributed by atoms with Crippen LogP contribution in [0.15, 0.2) is 48.5 Å². The molecule has 1 aliphatic heterocycles. The summed E-state index contributed by atoms with van der Waals surface area (Å²) in [6.07, 6.45) is 1.78. The van der Waals surface area contributed by atoms with Crippen LogP contribution < -0.4 is 4.90 Å². The number of nitrogens with zero attached hydrogens (tertiary/aromatic N) is 3. The van der Waals surface area contributed by atoms with Crippen molar-refractivity contribution in [3.05, 3.63) is 64.2 Å². The average Bonchev–Trinajstić information content (AvgIpc) is 3.34. The summed E-state index contributed by atoms with van der Waals surface area (Å²) in [7, 11) is 0. The fraction of sp³-hybridized carbons (Fsp3) is 0.263. The zero-order chi connectivity index (χ0) is 18.8. The van der Waals surface area contributed by atoms with Gasteiger partial charge < -0.3 is 4.74 Å². The van der Waals surface area contributed by atoms with Gasteiger partial charge in [-0.3, -0.25) is 19.8 Å². The van der Waals surface area contributed by atoms with E-state index in [-0.39, 0.29) is 23.3 Å². The second-order valence-corrected chi connectivity index (χ2v) is 7.33. The second-order valence-electron chi connectivity index (χ2n) is 6.32. The third-order valence-electron chi connectivity index (χ3n) is 4.47. The number of aromatic nitrogens is 1. The summed E-state index contributed by atoms with van der Waals surface area (Å²) in [6.45, 7) is 1.06. The molecule has 0 N–H and O–H groups in total. The summed E-state index contributed by atoms with van der Waals surface area (Å²) >= 11 is 1.43. The van der Waals surface area contributed by atoms with E-state index in [1.165, 1.54) is 29.5 Å². The summed E-state index contributed by atoms with van der Waals surface area (Å²) in [4.78, 5) is 29.9. The number of nitro groups is 1. The van der Waals surface area contributed by atoms with Crippen molar-refractivity contribution in [2.24, 2.45) is 0 Å². The lowest BCUT2D eigenvalue weighted by Gasteiger charge is -2.23. The highest BCUT2D eigenvalue weighted by molar-refractivity contribution is 7.22. The predicted molar refractivity (Wildman–Crippen MR) is 103 cm³/mol. The number of carbonyl (C=O) groups excluding carboxylic acids is 1. The first-order valence-corrected chi connectivity index (χ1v) is 9.47. The van der Waals surface area contributed by atoms with Crippen molar-refractivity contribution < 1.29 is 14.5 Å². The fourth-order valence-corrected chi connectivity index (χ4v) is 4.10. The van der Waals surface area contributed by atoms with Crippen molar-refractivity contribution in [3.63, 3.8) is 0 Å². The maximum atomic E-state index is 13.2. The smallest absolute Gasteiger partial charge is 0.270 e. The maximum absolute atomic E-state index is 13.2. The van der Waals surface area contributed by atoms with Crippen molar-refractivity contribution in [1.82, 2.24) is 4.98 Å². The van der Waals surface area contributed by atoms with E-state index in [1.54, 1.807) is 11.0 Å². The second kappa shape index (κ2) is 7.42. The van der Waals surface area contributed by atoms with Gasteiger partial charge in [-0.2, -0.15) is 0 Å². The third kappa shape index (κ3) is 3.67. The Bertz CT molecular complexity index is 964. The first-order chi connectivity index (χ1) is 13.1. The molecule has 8 heteroatoms. The molecule has 1 fully saturated rings. The molecule has 1 aromatic heterocycles. The molecule has 0 aliphatic carbocycles. The van der Waals surface area contributed by atoms with Gasteiger partial charge in [0.1, 0.15) is 0 Å². The molecule has 3 aromatic rings. The van der Waals surface area contributed by atoms with E-state index in [1.807, 2.05) is 24.3 Å². The SMILES string of the molecule is O=C(c1cccc([N+](=O)[O-])c1)N(C[C@H]1CCCO1)c1nc2ccccc2s1. The Morgan fingerprint density at radius 1 is 1.30 bits per heavy atom. The summed E-state index contributed by atoms with van der Waals surface area (Å²) in [5.41, 5.74) is 0.977. The summed E-state index contributed by atoms with van der Waals surface area (Å²) in [5.74, 6) is -0.312. The Morgan fingerprint density at radius 3 is 2.89 bits per heavy atom. The lowest BCUT2D eigenvalue weighted by atomic mass is 10.1. The molecule has 7 nitrogen and oxygen atoms in total. The van der Waals surface area contributed by atoms with E-state index in [0.717, 1.165) is 23.1 Å². The minimum Gasteiger partial charge on any atom is -0.376 e. The standard InChI is InChI=1S/C19H17N3O4S/c23-18(13-5-3-6-14(11-13)22(24)25)21(12-15-7-4-10-26-15)19-20-16-8-1-2-9-17(16)27-19/h1-3,5-6,8-9,11,15H,4,7,10,12H2/t15-/m1/s1. The normalized spacial score (nSPS) is 16.5. The highest BCUT2D eigenvalue weighted by Gasteiger charge is 2.27. The zero-order valence-electron chi connectivity index (χ0n) is 14.4. The number of thiazole rings is 1. The minimum absolute atomic E-state index is 0.0559. The first-order valence-electron chi connectivity index (χ1n) is 8.65. The number of para-hydroxylation sites is 1. The van der Waals surface area contributed by atoms with E-state index < -0.39 is 4.92 Å². The van der Waals surface area contributed by atoms with Gasteiger partial charge in [-0.15, -0.1) is 0 Å². The lowest BCUT2D eigenvalue weighted by molar-refractivity contribution is -0.384. The molecule has 1 amide bonds. The Balaban J connectivity index is 1.71. The first kappa shape index (κ1) is 17.6. The molecule has 0 spiro atoms. The Morgan fingerprint density at radius 2 is 2.15 bits per heavy atom. The molecule has 4 rings (SSSR count). The molecular weight excluding hydrogens is 366 g/mol. The number of fused-ring (bicyclic) bond motifs is 1. The zero-order valence-corrected chi connectivity index (χ0v) is 15.2. The summed E-state index contributed by atoms with van der Waals surface area (Å²) in [5, 5.41) is 11.6. The molecule has 1 saturated heterocycles. The predicted octanol–water partition coefficient (Wildman–Crippen LogP) is 4.03. The average molecular weight is 383 g/mol. The van der Waals surface area contributed by atoms with Gasteiger partial charge in [-0.05, 0) is 31.0 Å². The number of nitro benzene ring substituents is 1. The molecule has 2 aromatic carbocycles. The number of hydrogen-bond donors (Lipinski definition) is 0. The third-order valence-corrected chi connectivity index (χ3v) is 5.53. The van der Waals surface area contributed by atoms with Crippen LogP contribution in [0.5, 0.6) is 0 Å². The van der Waals surface area contributed by atoms with Gasteiger partial charge in [0, 0.05) is 24.3 Å². The van der Waals surface area contributed by atoms with Crippen LogP contribution in [0.25, 0.3) is 10.2 Å². The molecule has 0 bridgehead atoms. The molecule has 0 saturated carbocycles. The largest absolute Gasteiger partial charge is 0.376 e. The molecular formula is C19H17N3O4S. The van der Waals surface area contributed by atoms with Crippen LogP contribution in [0.2, 0.25) is 0 Å². The molecule has 0 unspecified atom stereocenters. The van der Waals surface area contributed by atoms with Crippen LogP contribution in [0.3, 0.4) is 0 Å². The highest BCUT2D eigenvalue weighted by Crippen LogP contribution is 2.31. The van der Waals surface area contributed by atoms with Gasteiger partial charge in [0.05, 0.1) is 27.8 Å². The van der Waals surface area contributed by atoms with E-state index in [9.17, 15) is 14.9 Å². The number of non-ortho nitro benzene ring substituents is 1. The highest BCUT2D eigenvalue weighted by atomic mass is 32.1. The van der Waals surface area contributed by atoms with Crippen LogP contribution in [0, 0.1) is 10.1 Å². The van der Waals surface area contributed by atoms with Gasteiger partial charge >= 0.3 is 0 Å². The van der Waals surface area contributed by atoms with Crippen LogP contribution in [-0.4, -0.2) is 35.1 Å².